The van der Waals surface area contributed by atoms with Crippen molar-refractivity contribution in [3.05, 3.63) is 28.7 Å². The van der Waals surface area contributed by atoms with Gasteiger partial charge in [0.2, 0.25) is 5.91 Å². The van der Waals surface area contributed by atoms with Crippen LogP contribution in [0.4, 0.5) is 5.69 Å². The SMILES string of the molecule is C[C@@H](OC(=O)[C@H]1CS[C@@]2(C)CCC(=O)N12)C(=O)Nc1ccc2[nH]c(=O)[nH]c2c1. The van der Waals surface area contributed by atoms with Crippen LogP contribution in [0.25, 0.3) is 11.0 Å². The Kier molecular flexibility index (Phi) is 4.45. The molecule has 1 aromatic heterocycles. The number of benzene rings is 1. The number of rotatable bonds is 4. The van der Waals surface area contributed by atoms with Crippen LogP contribution in [0.2, 0.25) is 0 Å². The number of nitrogens with zero attached hydrogens (tertiary/aromatic N) is 1. The molecule has 0 bridgehead atoms. The number of aromatic amines is 2. The zero-order valence-corrected chi connectivity index (χ0v) is 16.2. The van der Waals surface area contributed by atoms with Crippen molar-refractivity contribution in [3.8, 4) is 0 Å². The predicted molar refractivity (Wildman–Crippen MR) is 104 cm³/mol. The van der Waals surface area contributed by atoms with Gasteiger partial charge < -0.3 is 24.9 Å². The van der Waals surface area contributed by atoms with Crippen LogP contribution in [-0.4, -0.2) is 55.4 Å². The molecule has 2 aromatic rings. The molecule has 148 valence electrons. The summed E-state index contributed by atoms with van der Waals surface area (Å²) in [5.41, 5.74) is 1.31. The van der Waals surface area contributed by atoms with Crippen molar-refractivity contribution < 1.29 is 19.1 Å². The largest absolute Gasteiger partial charge is 0.451 e. The lowest BCUT2D eigenvalue weighted by atomic mass is 10.2. The summed E-state index contributed by atoms with van der Waals surface area (Å²) in [6.45, 7) is 3.44. The van der Waals surface area contributed by atoms with E-state index in [1.54, 1.807) is 34.9 Å². The van der Waals surface area contributed by atoms with Crippen molar-refractivity contribution in [3.63, 3.8) is 0 Å². The minimum atomic E-state index is -1.02. The summed E-state index contributed by atoms with van der Waals surface area (Å²) in [5.74, 6) is -0.654. The molecule has 4 rings (SSSR count). The van der Waals surface area contributed by atoms with Gasteiger partial charge in [0.25, 0.3) is 5.91 Å². The molecule has 0 unspecified atom stereocenters. The molecule has 0 spiro atoms. The maximum atomic E-state index is 12.6. The molecule has 1 aromatic carbocycles. The van der Waals surface area contributed by atoms with Crippen molar-refractivity contribution in [2.24, 2.45) is 0 Å². The Bertz CT molecular complexity index is 1030. The minimum absolute atomic E-state index is 0.0552. The molecular formula is C18H20N4O5S. The number of ether oxygens (including phenoxy) is 1. The summed E-state index contributed by atoms with van der Waals surface area (Å²) in [7, 11) is 0. The lowest BCUT2D eigenvalue weighted by Crippen LogP contribution is -2.48. The van der Waals surface area contributed by atoms with Crippen molar-refractivity contribution in [1.29, 1.82) is 0 Å². The van der Waals surface area contributed by atoms with Gasteiger partial charge >= 0.3 is 11.7 Å². The monoisotopic (exact) mass is 404 g/mol. The van der Waals surface area contributed by atoms with Gasteiger partial charge in [-0.15, -0.1) is 11.8 Å². The van der Waals surface area contributed by atoms with Crippen LogP contribution >= 0.6 is 11.8 Å². The van der Waals surface area contributed by atoms with E-state index in [9.17, 15) is 19.2 Å². The van der Waals surface area contributed by atoms with Gasteiger partial charge in [0.15, 0.2) is 6.10 Å². The Labute approximate surface area is 164 Å². The number of carbonyl (C=O) groups excluding carboxylic acids is 3. The third-order valence-electron chi connectivity index (χ3n) is 5.16. The number of imidazole rings is 1. The second kappa shape index (κ2) is 6.69. The molecular weight excluding hydrogens is 384 g/mol. The minimum Gasteiger partial charge on any atom is -0.451 e. The Morgan fingerprint density at radius 3 is 2.86 bits per heavy atom. The molecule has 10 heteroatoms. The van der Waals surface area contributed by atoms with Crippen molar-refractivity contribution >= 4 is 46.3 Å². The number of aromatic nitrogens is 2. The summed E-state index contributed by atoms with van der Waals surface area (Å²) >= 11 is 1.57. The van der Waals surface area contributed by atoms with Crippen LogP contribution in [-0.2, 0) is 19.1 Å². The number of anilines is 1. The topological polar surface area (TPSA) is 124 Å². The molecule has 3 atom stereocenters. The number of H-pyrrole nitrogens is 2. The van der Waals surface area contributed by atoms with Gasteiger partial charge in [-0.25, -0.2) is 9.59 Å². The molecule has 0 aliphatic carbocycles. The van der Waals surface area contributed by atoms with E-state index in [0.717, 1.165) is 0 Å². The molecule has 3 N–H and O–H groups in total. The summed E-state index contributed by atoms with van der Waals surface area (Å²) < 4.78 is 5.34. The zero-order valence-electron chi connectivity index (χ0n) is 15.4. The molecule has 2 saturated heterocycles. The Morgan fingerprint density at radius 2 is 2.07 bits per heavy atom. The van der Waals surface area contributed by atoms with Gasteiger partial charge in [0, 0.05) is 17.9 Å². The van der Waals surface area contributed by atoms with E-state index in [0.29, 0.717) is 35.3 Å². The maximum absolute atomic E-state index is 12.6. The zero-order chi connectivity index (χ0) is 20.1. The molecule has 2 aliphatic rings. The smallest absolute Gasteiger partial charge is 0.330 e. The molecule has 28 heavy (non-hydrogen) atoms. The molecule has 0 radical (unpaired) electrons. The third kappa shape index (κ3) is 3.17. The van der Waals surface area contributed by atoms with Gasteiger partial charge in [-0.1, -0.05) is 0 Å². The van der Waals surface area contributed by atoms with E-state index in [2.05, 4.69) is 15.3 Å². The normalized spacial score (nSPS) is 25.0. The van der Waals surface area contributed by atoms with Gasteiger partial charge in [-0.05, 0) is 38.5 Å². The Hall–Kier alpha value is -2.75. The number of nitrogens with one attached hydrogen (secondary N) is 3. The van der Waals surface area contributed by atoms with Crippen LogP contribution < -0.4 is 11.0 Å². The standard InChI is InChI=1S/C18H20N4O5S/c1-9(15(24)19-10-3-4-11-12(7-10)21-17(26)20-11)27-16(25)13-8-28-18(2)6-5-14(23)22(13)18/h3-4,7,9,13H,5-6,8H2,1-2H3,(H,19,24)(H2,20,21,26)/t9-,13-,18+/m1/s1. The number of hydrogen-bond acceptors (Lipinski definition) is 6. The van der Waals surface area contributed by atoms with E-state index in [1.807, 2.05) is 6.92 Å². The first-order chi connectivity index (χ1) is 13.3. The molecule has 0 saturated carbocycles. The van der Waals surface area contributed by atoms with Gasteiger partial charge in [-0.2, -0.15) is 0 Å². The first-order valence-corrected chi connectivity index (χ1v) is 9.95. The second-order valence-electron chi connectivity index (χ2n) is 7.17. The number of hydrogen-bond donors (Lipinski definition) is 3. The number of carbonyl (C=O) groups is 3. The van der Waals surface area contributed by atoms with E-state index in [1.165, 1.54) is 6.92 Å². The van der Waals surface area contributed by atoms with E-state index in [-0.39, 0.29) is 16.5 Å². The fourth-order valence-corrected chi connectivity index (χ4v) is 5.07. The highest BCUT2D eigenvalue weighted by atomic mass is 32.2. The first-order valence-electron chi connectivity index (χ1n) is 8.96. The van der Waals surface area contributed by atoms with Crippen molar-refractivity contribution in [2.75, 3.05) is 11.1 Å². The number of fused-ring (bicyclic) bond motifs is 2. The fourth-order valence-electron chi connectivity index (χ4n) is 3.66. The number of esters is 1. The van der Waals surface area contributed by atoms with Crippen LogP contribution in [0.3, 0.4) is 0 Å². The summed E-state index contributed by atoms with van der Waals surface area (Å²) in [6, 6.07) is 4.25. The highest BCUT2D eigenvalue weighted by molar-refractivity contribution is 8.01. The van der Waals surface area contributed by atoms with Gasteiger partial charge in [0.05, 0.1) is 15.9 Å². The summed E-state index contributed by atoms with van der Waals surface area (Å²) in [4.78, 5) is 54.9. The second-order valence-corrected chi connectivity index (χ2v) is 8.67. The predicted octanol–water partition coefficient (Wildman–Crippen LogP) is 1.18. The molecule has 3 heterocycles. The van der Waals surface area contributed by atoms with Crippen LogP contribution in [0.15, 0.2) is 23.0 Å². The Balaban J connectivity index is 1.40. The fraction of sp³-hybridized carbons (Fsp3) is 0.444. The van der Waals surface area contributed by atoms with Gasteiger partial charge in [0.1, 0.15) is 6.04 Å². The van der Waals surface area contributed by atoms with E-state index >= 15 is 0 Å². The van der Waals surface area contributed by atoms with Crippen LogP contribution in [0, 0.1) is 0 Å². The quantitative estimate of drug-likeness (QED) is 0.658. The summed E-state index contributed by atoms with van der Waals surface area (Å²) in [6.07, 6.45) is 0.107. The molecule has 2 fully saturated rings. The maximum Gasteiger partial charge on any atom is 0.330 e. The third-order valence-corrected chi connectivity index (χ3v) is 6.67. The van der Waals surface area contributed by atoms with Gasteiger partial charge in [-0.3, -0.25) is 9.59 Å². The van der Waals surface area contributed by atoms with E-state index in [4.69, 9.17) is 4.74 Å². The van der Waals surface area contributed by atoms with E-state index < -0.39 is 24.0 Å². The lowest BCUT2D eigenvalue weighted by molar-refractivity contribution is -0.160. The molecule has 2 aliphatic heterocycles. The first kappa shape index (κ1) is 18.6. The average molecular weight is 404 g/mol. The van der Waals surface area contributed by atoms with Crippen LogP contribution in [0.1, 0.15) is 26.7 Å². The highest BCUT2D eigenvalue weighted by Gasteiger charge is 2.53. The average Bonchev–Trinajstić information content (AvgIpc) is 3.26. The molecule has 9 nitrogen and oxygen atoms in total. The number of thioether (sulfide) groups is 1. The number of amides is 2. The van der Waals surface area contributed by atoms with Crippen LogP contribution in [0.5, 0.6) is 0 Å². The van der Waals surface area contributed by atoms with Crippen molar-refractivity contribution in [2.45, 2.75) is 43.7 Å². The van der Waals surface area contributed by atoms with Crippen molar-refractivity contribution in [1.82, 2.24) is 14.9 Å². The molecule has 2 amide bonds. The highest BCUT2D eigenvalue weighted by Crippen LogP contribution is 2.47. The lowest BCUT2D eigenvalue weighted by Gasteiger charge is -2.29. The summed E-state index contributed by atoms with van der Waals surface area (Å²) in [5, 5.41) is 2.66. The Morgan fingerprint density at radius 1 is 1.32 bits per heavy atom.